The van der Waals surface area contributed by atoms with Crippen molar-refractivity contribution in [3.8, 4) is 11.6 Å². The van der Waals surface area contributed by atoms with Crippen molar-refractivity contribution >= 4 is 28.7 Å². The zero-order valence-corrected chi connectivity index (χ0v) is 13.7. The summed E-state index contributed by atoms with van der Waals surface area (Å²) in [6.07, 6.45) is 0.919. The minimum absolute atomic E-state index is 0.0877. The fraction of sp³-hybridized carbons (Fsp3) is 0.111. The number of aromatic hydroxyl groups is 1. The van der Waals surface area contributed by atoms with Crippen molar-refractivity contribution in [3.05, 3.63) is 59.4 Å². The smallest absolute Gasteiger partial charge is 0.221 e. The summed E-state index contributed by atoms with van der Waals surface area (Å²) in [7, 11) is 1.61. The van der Waals surface area contributed by atoms with Gasteiger partial charge in [0.15, 0.2) is 0 Å². The second-order valence-corrected chi connectivity index (χ2v) is 6.03. The fourth-order valence-corrected chi connectivity index (χ4v) is 3.53. The number of aromatic nitrogens is 1. The maximum atomic E-state index is 14.2. The molecule has 0 atom stereocenters. The molecule has 0 aliphatic carbocycles. The largest absolute Gasteiger partial charge is 0.496 e. The van der Waals surface area contributed by atoms with Gasteiger partial charge in [0, 0.05) is 28.3 Å². The average molecular weight is 342 g/mol. The van der Waals surface area contributed by atoms with E-state index in [-0.39, 0.29) is 16.8 Å². The predicted molar refractivity (Wildman–Crippen MR) is 93.8 cm³/mol. The van der Waals surface area contributed by atoms with Gasteiger partial charge in [-0.25, -0.2) is 9.37 Å². The van der Waals surface area contributed by atoms with Gasteiger partial charge in [-0.3, -0.25) is 0 Å². The van der Waals surface area contributed by atoms with Gasteiger partial charge in [-0.05, 0) is 12.1 Å². The summed E-state index contributed by atoms with van der Waals surface area (Å²) in [5.41, 5.74) is 1.07. The van der Waals surface area contributed by atoms with E-state index in [2.05, 4.69) is 4.98 Å². The van der Waals surface area contributed by atoms with Crippen LogP contribution >= 0.6 is 11.8 Å². The standard InChI is InChI=1S/C18H15FN2O2S/c1-23-15-8-3-2-5-11(15)10-24-18-12-6-4-7-14(19)16(12)13(9-20)17(22)21-18/h2-9,20H,10H2,1H3,(H,21,22). The minimum Gasteiger partial charge on any atom is -0.496 e. The van der Waals surface area contributed by atoms with Crippen LogP contribution in [0.25, 0.3) is 10.8 Å². The number of thioether (sulfide) groups is 1. The van der Waals surface area contributed by atoms with Gasteiger partial charge in [0.1, 0.15) is 16.6 Å². The lowest BCUT2D eigenvalue weighted by molar-refractivity contribution is 0.411. The van der Waals surface area contributed by atoms with Crippen molar-refractivity contribution in [2.24, 2.45) is 0 Å². The van der Waals surface area contributed by atoms with Gasteiger partial charge in [-0.2, -0.15) is 0 Å². The summed E-state index contributed by atoms with van der Waals surface area (Å²) in [6.45, 7) is 0. The van der Waals surface area contributed by atoms with Gasteiger partial charge < -0.3 is 15.3 Å². The first kappa shape index (κ1) is 16.3. The molecule has 0 amide bonds. The minimum atomic E-state index is -0.483. The molecule has 0 saturated carbocycles. The molecular formula is C18H15FN2O2S. The van der Waals surface area contributed by atoms with Crippen molar-refractivity contribution in [1.82, 2.24) is 4.98 Å². The summed E-state index contributed by atoms with van der Waals surface area (Å²) in [4.78, 5) is 4.14. The first-order valence-corrected chi connectivity index (χ1v) is 8.20. The molecule has 2 N–H and O–H groups in total. The second kappa shape index (κ2) is 6.88. The predicted octanol–water partition coefficient (Wildman–Crippen LogP) is 4.38. The number of methoxy groups -OCH3 is 1. The van der Waals surface area contributed by atoms with Gasteiger partial charge in [-0.1, -0.05) is 30.3 Å². The fourth-order valence-electron chi connectivity index (χ4n) is 2.52. The third-order valence-electron chi connectivity index (χ3n) is 3.66. The lowest BCUT2D eigenvalue weighted by Gasteiger charge is -2.11. The lowest BCUT2D eigenvalue weighted by atomic mass is 10.1. The van der Waals surface area contributed by atoms with E-state index >= 15 is 0 Å². The van der Waals surface area contributed by atoms with Crippen molar-refractivity contribution in [3.63, 3.8) is 0 Å². The molecule has 6 heteroatoms. The zero-order chi connectivity index (χ0) is 17.1. The van der Waals surface area contributed by atoms with Gasteiger partial charge in [0.2, 0.25) is 5.88 Å². The number of ether oxygens (including phenoxy) is 1. The highest BCUT2D eigenvalue weighted by Gasteiger charge is 2.16. The highest BCUT2D eigenvalue weighted by molar-refractivity contribution is 7.98. The number of halogens is 1. The molecule has 3 aromatic rings. The topological polar surface area (TPSA) is 66.2 Å². The number of hydrogen-bond donors (Lipinski definition) is 2. The van der Waals surface area contributed by atoms with Crippen LogP contribution in [0.4, 0.5) is 4.39 Å². The Kier molecular flexibility index (Phi) is 4.66. The molecule has 122 valence electrons. The molecule has 0 radical (unpaired) electrons. The number of nitrogens with one attached hydrogen (secondary N) is 1. The second-order valence-electron chi connectivity index (χ2n) is 5.06. The number of pyridine rings is 1. The molecule has 0 spiro atoms. The maximum absolute atomic E-state index is 14.2. The summed E-state index contributed by atoms with van der Waals surface area (Å²) < 4.78 is 19.5. The number of nitrogens with zero attached hydrogens (tertiary/aromatic N) is 1. The first-order chi connectivity index (χ1) is 11.7. The van der Waals surface area contributed by atoms with Crippen LogP contribution in [0.2, 0.25) is 0 Å². The quantitative estimate of drug-likeness (QED) is 0.533. The van der Waals surface area contributed by atoms with Gasteiger partial charge >= 0.3 is 0 Å². The number of benzene rings is 2. The van der Waals surface area contributed by atoms with Crippen LogP contribution in [-0.2, 0) is 5.75 Å². The normalized spacial score (nSPS) is 10.8. The van der Waals surface area contributed by atoms with E-state index < -0.39 is 5.82 Å². The van der Waals surface area contributed by atoms with Crippen molar-refractivity contribution in [2.45, 2.75) is 10.8 Å². The molecule has 1 aromatic heterocycles. The number of rotatable bonds is 5. The van der Waals surface area contributed by atoms with E-state index in [9.17, 15) is 9.50 Å². The average Bonchev–Trinajstić information content (AvgIpc) is 2.60. The first-order valence-electron chi connectivity index (χ1n) is 7.22. The van der Waals surface area contributed by atoms with Crippen LogP contribution in [0.15, 0.2) is 47.5 Å². The molecule has 24 heavy (non-hydrogen) atoms. The van der Waals surface area contributed by atoms with E-state index in [1.165, 1.54) is 17.8 Å². The molecule has 0 aliphatic heterocycles. The number of para-hydroxylation sites is 1. The van der Waals surface area contributed by atoms with Crippen LogP contribution < -0.4 is 4.74 Å². The third-order valence-corrected chi connectivity index (χ3v) is 4.70. The Balaban J connectivity index is 2.04. The zero-order valence-electron chi connectivity index (χ0n) is 12.9. The molecular weight excluding hydrogens is 327 g/mol. The summed E-state index contributed by atoms with van der Waals surface area (Å²) >= 11 is 1.38. The summed E-state index contributed by atoms with van der Waals surface area (Å²) in [5, 5.41) is 18.8. The van der Waals surface area contributed by atoms with E-state index in [0.29, 0.717) is 16.2 Å². The highest BCUT2D eigenvalue weighted by atomic mass is 32.2. The molecule has 0 saturated heterocycles. The van der Waals surface area contributed by atoms with Gasteiger partial charge in [-0.15, -0.1) is 11.8 Å². The summed E-state index contributed by atoms with van der Waals surface area (Å²) in [6, 6.07) is 12.3. The van der Waals surface area contributed by atoms with Crippen molar-refractivity contribution < 1.29 is 14.2 Å². The van der Waals surface area contributed by atoms with Crippen LogP contribution in [0.1, 0.15) is 11.1 Å². The highest BCUT2D eigenvalue weighted by Crippen LogP contribution is 2.36. The Hall–Kier alpha value is -2.60. The Morgan fingerprint density at radius 3 is 2.79 bits per heavy atom. The number of hydrogen-bond acceptors (Lipinski definition) is 5. The molecule has 1 heterocycles. The molecule has 3 rings (SSSR count). The van der Waals surface area contributed by atoms with E-state index in [1.54, 1.807) is 19.2 Å². The van der Waals surface area contributed by atoms with Gasteiger partial charge in [0.05, 0.1) is 12.7 Å². The van der Waals surface area contributed by atoms with E-state index in [4.69, 9.17) is 10.1 Å². The molecule has 0 unspecified atom stereocenters. The monoisotopic (exact) mass is 342 g/mol. The van der Waals surface area contributed by atoms with Crippen molar-refractivity contribution in [2.75, 3.05) is 7.11 Å². The molecule has 0 bridgehead atoms. The van der Waals surface area contributed by atoms with Crippen LogP contribution in [0.3, 0.4) is 0 Å². The molecule has 4 nitrogen and oxygen atoms in total. The SMILES string of the molecule is COc1ccccc1CSc1nc(O)c(C=N)c2c(F)cccc12. The van der Waals surface area contributed by atoms with Gasteiger partial charge in [0.25, 0.3) is 0 Å². The number of fused-ring (bicyclic) bond motifs is 1. The van der Waals surface area contributed by atoms with Crippen LogP contribution in [0, 0.1) is 11.2 Å². The van der Waals surface area contributed by atoms with Crippen LogP contribution in [-0.4, -0.2) is 23.4 Å². The third kappa shape index (κ3) is 2.92. The van der Waals surface area contributed by atoms with Crippen LogP contribution in [0.5, 0.6) is 11.6 Å². The molecule has 0 fully saturated rings. The van der Waals surface area contributed by atoms with E-state index in [0.717, 1.165) is 17.5 Å². The Morgan fingerprint density at radius 1 is 1.25 bits per heavy atom. The Bertz CT molecular complexity index is 915. The summed E-state index contributed by atoms with van der Waals surface area (Å²) in [5.74, 6) is 0.500. The van der Waals surface area contributed by atoms with E-state index in [1.807, 2.05) is 24.3 Å². The Labute approximate surface area is 142 Å². The lowest BCUT2D eigenvalue weighted by Crippen LogP contribution is -1.96. The maximum Gasteiger partial charge on any atom is 0.221 e. The molecule has 0 aliphatic rings. The Morgan fingerprint density at radius 2 is 2.04 bits per heavy atom. The molecule has 2 aromatic carbocycles. The van der Waals surface area contributed by atoms with Crippen molar-refractivity contribution in [1.29, 1.82) is 5.41 Å².